The van der Waals surface area contributed by atoms with Crippen molar-refractivity contribution in [2.75, 3.05) is 6.54 Å². The van der Waals surface area contributed by atoms with Gasteiger partial charge in [-0.1, -0.05) is 30.3 Å². The molecule has 1 aromatic rings. The number of primary amides is 1. The van der Waals surface area contributed by atoms with Gasteiger partial charge in [-0.2, -0.15) is 13.2 Å². The van der Waals surface area contributed by atoms with Crippen LogP contribution in [0, 0.1) is 5.92 Å². The third kappa shape index (κ3) is 3.50. The second-order valence-corrected chi connectivity index (χ2v) is 5.15. The highest BCUT2D eigenvalue weighted by Gasteiger charge is 2.46. The lowest BCUT2D eigenvalue weighted by Crippen LogP contribution is -2.52. The average Bonchev–Trinajstić information content (AvgIpc) is 2.38. The number of piperidine rings is 1. The van der Waals surface area contributed by atoms with Crippen LogP contribution >= 0.6 is 0 Å². The number of nitrogens with zero attached hydrogens (tertiary/aromatic N) is 1. The highest BCUT2D eigenvalue weighted by molar-refractivity contribution is 5.77. The second kappa shape index (κ2) is 5.83. The molecular formula is C14H17F3N2O. The molecule has 0 aliphatic carbocycles. The molecule has 1 saturated heterocycles. The fraction of sp³-hybridized carbons (Fsp3) is 0.500. The summed E-state index contributed by atoms with van der Waals surface area (Å²) in [6, 6.07) is 7.44. The van der Waals surface area contributed by atoms with Gasteiger partial charge in [-0.05, 0) is 18.4 Å². The van der Waals surface area contributed by atoms with E-state index in [-0.39, 0.29) is 25.9 Å². The van der Waals surface area contributed by atoms with Crippen molar-refractivity contribution in [3.63, 3.8) is 0 Å². The molecule has 2 rings (SSSR count). The molecule has 0 aromatic heterocycles. The number of hydrogen-bond acceptors (Lipinski definition) is 2. The molecule has 1 aliphatic rings. The number of likely N-dealkylation sites (tertiary alicyclic amines) is 1. The Morgan fingerprint density at radius 1 is 1.25 bits per heavy atom. The van der Waals surface area contributed by atoms with Crippen molar-refractivity contribution >= 4 is 5.91 Å². The zero-order valence-electron chi connectivity index (χ0n) is 10.9. The van der Waals surface area contributed by atoms with Crippen molar-refractivity contribution in [3.05, 3.63) is 35.9 Å². The number of benzene rings is 1. The van der Waals surface area contributed by atoms with Crippen LogP contribution in [-0.4, -0.2) is 29.6 Å². The van der Waals surface area contributed by atoms with Crippen molar-refractivity contribution in [2.45, 2.75) is 31.6 Å². The number of carbonyl (C=O) groups is 1. The molecule has 0 radical (unpaired) electrons. The lowest BCUT2D eigenvalue weighted by atomic mass is 9.91. The van der Waals surface area contributed by atoms with Gasteiger partial charge in [0.15, 0.2) is 0 Å². The molecule has 1 heterocycles. The van der Waals surface area contributed by atoms with E-state index < -0.39 is 24.0 Å². The fourth-order valence-corrected chi connectivity index (χ4v) is 2.64. The molecule has 6 heteroatoms. The molecule has 20 heavy (non-hydrogen) atoms. The van der Waals surface area contributed by atoms with E-state index in [1.807, 2.05) is 6.07 Å². The van der Waals surface area contributed by atoms with Crippen molar-refractivity contribution in [3.8, 4) is 0 Å². The first-order valence-electron chi connectivity index (χ1n) is 6.52. The third-order valence-electron chi connectivity index (χ3n) is 3.69. The fourth-order valence-electron chi connectivity index (χ4n) is 2.64. The van der Waals surface area contributed by atoms with Crippen molar-refractivity contribution in [2.24, 2.45) is 11.7 Å². The minimum absolute atomic E-state index is 0.0639. The van der Waals surface area contributed by atoms with E-state index in [9.17, 15) is 18.0 Å². The number of nitrogens with two attached hydrogens (primary N) is 1. The van der Waals surface area contributed by atoms with E-state index in [0.29, 0.717) is 0 Å². The molecular weight excluding hydrogens is 269 g/mol. The monoisotopic (exact) mass is 286 g/mol. The van der Waals surface area contributed by atoms with Crippen LogP contribution in [0.15, 0.2) is 30.3 Å². The SMILES string of the molecule is NC(=O)C1CCC(C(F)(F)F)N(Cc2ccccc2)C1. The Morgan fingerprint density at radius 2 is 1.90 bits per heavy atom. The summed E-state index contributed by atoms with van der Waals surface area (Å²) in [5.41, 5.74) is 6.03. The second-order valence-electron chi connectivity index (χ2n) is 5.15. The maximum atomic E-state index is 13.1. The smallest absolute Gasteiger partial charge is 0.369 e. The Morgan fingerprint density at radius 3 is 2.45 bits per heavy atom. The molecule has 0 bridgehead atoms. The number of alkyl halides is 3. The first-order chi connectivity index (χ1) is 9.38. The molecule has 0 spiro atoms. The van der Waals surface area contributed by atoms with Gasteiger partial charge in [0.1, 0.15) is 6.04 Å². The van der Waals surface area contributed by atoms with Gasteiger partial charge in [0.25, 0.3) is 0 Å². The highest BCUT2D eigenvalue weighted by atomic mass is 19.4. The van der Waals surface area contributed by atoms with Crippen molar-refractivity contribution in [1.82, 2.24) is 4.90 Å². The van der Waals surface area contributed by atoms with Gasteiger partial charge in [-0.25, -0.2) is 0 Å². The minimum atomic E-state index is -4.28. The maximum absolute atomic E-state index is 13.1. The van der Waals surface area contributed by atoms with E-state index >= 15 is 0 Å². The maximum Gasteiger partial charge on any atom is 0.404 e. The van der Waals surface area contributed by atoms with E-state index in [4.69, 9.17) is 5.73 Å². The van der Waals surface area contributed by atoms with E-state index in [0.717, 1.165) is 5.56 Å². The van der Waals surface area contributed by atoms with E-state index in [1.165, 1.54) is 4.90 Å². The molecule has 2 atom stereocenters. The van der Waals surface area contributed by atoms with Crippen LogP contribution in [-0.2, 0) is 11.3 Å². The molecule has 1 amide bonds. The largest absolute Gasteiger partial charge is 0.404 e. The van der Waals surface area contributed by atoms with Gasteiger partial charge >= 0.3 is 6.18 Å². The Bertz CT molecular complexity index is 461. The zero-order chi connectivity index (χ0) is 14.8. The summed E-state index contributed by atoms with van der Waals surface area (Å²) < 4.78 is 39.2. The molecule has 110 valence electrons. The molecule has 1 aromatic carbocycles. The van der Waals surface area contributed by atoms with Crippen LogP contribution in [0.4, 0.5) is 13.2 Å². The first-order valence-corrected chi connectivity index (χ1v) is 6.52. The quantitative estimate of drug-likeness (QED) is 0.927. The summed E-state index contributed by atoms with van der Waals surface area (Å²) in [6.07, 6.45) is -4.16. The Hall–Kier alpha value is -1.56. The lowest BCUT2D eigenvalue weighted by molar-refractivity contribution is -0.197. The summed E-state index contributed by atoms with van der Waals surface area (Å²) >= 11 is 0. The number of carbonyl (C=O) groups excluding carboxylic acids is 1. The van der Waals surface area contributed by atoms with Gasteiger partial charge in [-0.15, -0.1) is 0 Å². The molecule has 1 fully saturated rings. The first kappa shape index (κ1) is 14.8. The van der Waals surface area contributed by atoms with Crippen LogP contribution in [0.1, 0.15) is 18.4 Å². The van der Waals surface area contributed by atoms with E-state index in [2.05, 4.69) is 0 Å². The summed E-state index contributed by atoms with van der Waals surface area (Å²) in [6.45, 7) is 0.239. The molecule has 2 unspecified atom stereocenters. The van der Waals surface area contributed by atoms with Gasteiger partial charge in [-0.3, -0.25) is 9.69 Å². The Balaban J connectivity index is 2.15. The van der Waals surface area contributed by atoms with E-state index in [1.54, 1.807) is 24.3 Å². The summed E-state index contributed by atoms with van der Waals surface area (Å²) in [5, 5.41) is 0. The number of rotatable bonds is 3. The highest BCUT2D eigenvalue weighted by Crippen LogP contribution is 2.34. The van der Waals surface area contributed by atoms with Gasteiger partial charge < -0.3 is 5.73 Å². The van der Waals surface area contributed by atoms with Crippen LogP contribution < -0.4 is 5.73 Å². The van der Waals surface area contributed by atoms with Gasteiger partial charge in [0.2, 0.25) is 5.91 Å². The van der Waals surface area contributed by atoms with Gasteiger partial charge in [0.05, 0.1) is 5.92 Å². The molecule has 3 nitrogen and oxygen atoms in total. The number of halogens is 3. The van der Waals surface area contributed by atoms with Crippen LogP contribution in [0.5, 0.6) is 0 Å². The molecule has 2 N–H and O–H groups in total. The Labute approximate surface area is 115 Å². The molecule has 0 saturated carbocycles. The van der Waals surface area contributed by atoms with Crippen LogP contribution in [0.2, 0.25) is 0 Å². The van der Waals surface area contributed by atoms with Crippen LogP contribution in [0.25, 0.3) is 0 Å². The van der Waals surface area contributed by atoms with Crippen molar-refractivity contribution in [1.29, 1.82) is 0 Å². The number of amides is 1. The van der Waals surface area contributed by atoms with Crippen LogP contribution in [0.3, 0.4) is 0 Å². The topological polar surface area (TPSA) is 46.3 Å². The number of hydrogen-bond donors (Lipinski definition) is 1. The third-order valence-corrected chi connectivity index (χ3v) is 3.69. The normalized spacial score (nSPS) is 24.6. The average molecular weight is 286 g/mol. The molecule has 1 aliphatic heterocycles. The Kier molecular flexibility index (Phi) is 4.32. The predicted molar refractivity (Wildman–Crippen MR) is 68.6 cm³/mol. The summed E-state index contributed by atoms with van der Waals surface area (Å²) in [5.74, 6) is -1.03. The summed E-state index contributed by atoms with van der Waals surface area (Å²) in [7, 11) is 0. The predicted octanol–water partition coefficient (Wildman–Crippen LogP) is 2.31. The lowest BCUT2D eigenvalue weighted by Gasteiger charge is -2.39. The summed E-state index contributed by atoms with van der Waals surface area (Å²) in [4.78, 5) is 12.5. The van der Waals surface area contributed by atoms with Crippen molar-refractivity contribution < 1.29 is 18.0 Å². The minimum Gasteiger partial charge on any atom is -0.369 e. The zero-order valence-corrected chi connectivity index (χ0v) is 10.9. The van der Waals surface area contributed by atoms with Gasteiger partial charge in [0, 0.05) is 13.1 Å². The standard InChI is InChI=1S/C14H17F3N2O/c15-14(16,17)12-7-6-11(13(18)20)9-19(12)8-10-4-2-1-3-5-10/h1-5,11-12H,6-9H2,(H2,18,20).